The fourth-order valence-corrected chi connectivity index (χ4v) is 3.14. The van der Waals surface area contributed by atoms with Crippen LogP contribution in [0.2, 0.25) is 0 Å². The van der Waals surface area contributed by atoms with Gasteiger partial charge in [0.15, 0.2) is 0 Å². The molecule has 120 valence electrons. The van der Waals surface area contributed by atoms with Crippen LogP contribution in [-0.2, 0) is 11.2 Å². The van der Waals surface area contributed by atoms with Gasteiger partial charge in [0, 0.05) is 25.7 Å². The average Bonchev–Trinajstić information content (AvgIpc) is 2.94. The Morgan fingerprint density at radius 1 is 1.46 bits per heavy atom. The van der Waals surface area contributed by atoms with E-state index in [0.29, 0.717) is 12.2 Å². The third-order valence-electron chi connectivity index (χ3n) is 4.35. The molecule has 1 aromatic rings. The molecule has 2 aliphatic heterocycles. The second-order valence-electron chi connectivity index (χ2n) is 6.17. The van der Waals surface area contributed by atoms with Crippen LogP contribution in [-0.4, -0.2) is 19.7 Å². The number of hydrogen-bond donors (Lipinski definition) is 0. The van der Waals surface area contributed by atoms with Gasteiger partial charge < -0.3 is 9.64 Å². The van der Waals surface area contributed by atoms with Gasteiger partial charge in [0.05, 0.1) is 18.7 Å². The second kappa shape index (κ2) is 6.64. The Balaban J connectivity index is 1.85. The molecule has 0 bridgehead atoms. The molecule has 4 nitrogen and oxygen atoms in total. The number of nitriles is 1. The van der Waals surface area contributed by atoms with Crippen LogP contribution >= 0.6 is 0 Å². The molecule has 0 N–H and O–H groups in total. The number of allylic oxidation sites excluding steroid dienone is 3. The van der Waals surface area contributed by atoms with Crippen LogP contribution in [0.4, 0.5) is 5.69 Å². The molecule has 0 saturated carbocycles. The van der Waals surface area contributed by atoms with Crippen LogP contribution in [0.15, 0.2) is 47.4 Å². The average molecular weight is 317 g/mol. The van der Waals surface area contributed by atoms with Gasteiger partial charge in [-0.3, -0.25) is 0 Å². The normalized spacial score (nSPS) is 21.6. The van der Waals surface area contributed by atoms with Crippen LogP contribution in [0.5, 0.6) is 0 Å². The summed E-state index contributed by atoms with van der Waals surface area (Å²) in [4.78, 5) is 5.57. The first-order chi connectivity index (χ1) is 11.6. The van der Waals surface area contributed by atoms with E-state index in [4.69, 9.17) is 16.6 Å². The number of hydrogen-bond acceptors (Lipinski definition) is 3. The third kappa shape index (κ3) is 3.19. The molecule has 0 fully saturated rings. The molecule has 1 unspecified atom stereocenters. The summed E-state index contributed by atoms with van der Waals surface area (Å²) in [6.07, 6.45) is 7.36. The van der Waals surface area contributed by atoms with E-state index in [0.717, 1.165) is 24.1 Å². The molecule has 0 aliphatic carbocycles. The SMILES string of the molecule is [C-]#[N+]/C(C#N)=C1C=C(/C=C/c2ccc3c(c2)CCN3C)OC(C)C\1. The van der Waals surface area contributed by atoms with Crippen molar-refractivity contribution in [2.75, 3.05) is 18.5 Å². The third-order valence-corrected chi connectivity index (χ3v) is 4.35. The number of likely N-dealkylation sites (N-methyl/N-ethyl adjacent to an activating group) is 1. The summed E-state index contributed by atoms with van der Waals surface area (Å²) in [5.41, 5.74) is 4.70. The zero-order valence-electron chi connectivity index (χ0n) is 13.9. The highest BCUT2D eigenvalue weighted by atomic mass is 16.5. The lowest BCUT2D eigenvalue weighted by atomic mass is 10.0. The Morgan fingerprint density at radius 2 is 2.29 bits per heavy atom. The van der Waals surface area contributed by atoms with Crippen molar-refractivity contribution in [3.8, 4) is 6.07 Å². The molecule has 3 rings (SSSR count). The van der Waals surface area contributed by atoms with Gasteiger partial charge >= 0.3 is 0 Å². The van der Waals surface area contributed by atoms with Gasteiger partial charge in [0.1, 0.15) is 5.76 Å². The number of rotatable bonds is 2. The molecule has 1 atom stereocenters. The summed E-state index contributed by atoms with van der Waals surface area (Å²) < 4.78 is 5.81. The number of benzene rings is 1. The monoisotopic (exact) mass is 317 g/mol. The summed E-state index contributed by atoms with van der Waals surface area (Å²) in [6, 6.07) is 8.42. The van der Waals surface area contributed by atoms with Crippen molar-refractivity contribution in [2.24, 2.45) is 0 Å². The first kappa shape index (κ1) is 15.9. The number of fused-ring (bicyclic) bond motifs is 1. The van der Waals surface area contributed by atoms with Crippen LogP contribution in [0, 0.1) is 17.9 Å². The van der Waals surface area contributed by atoms with Crippen molar-refractivity contribution in [1.82, 2.24) is 0 Å². The summed E-state index contributed by atoms with van der Waals surface area (Å²) in [6.45, 7) is 10.1. The van der Waals surface area contributed by atoms with E-state index in [9.17, 15) is 0 Å². The van der Waals surface area contributed by atoms with Crippen molar-refractivity contribution in [2.45, 2.75) is 25.9 Å². The maximum Gasteiger partial charge on any atom is 0.265 e. The minimum Gasteiger partial charge on any atom is -0.490 e. The van der Waals surface area contributed by atoms with Gasteiger partial charge in [-0.15, -0.1) is 0 Å². The Labute approximate surface area is 142 Å². The Kier molecular flexibility index (Phi) is 4.40. The highest BCUT2D eigenvalue weighted by Gasteiger charge is 2.18. The van der Waals surface area contributed by atoms with E-state index < -0.39 is 0 Å². The molecule has 0 radical (unpaired) electrons. The lowest BCUT2D eigenvalue weighted by Gasteiger charge is -2.22. The molecule has 0 amide bonds. The molecule has 2 aliphatic rings. The highest BCUT2D eigenvalue weighted by molar-refractivity contribution is 5.64. The fourth-order valence-electron chi connectivity index (χ4n) is 3.14. The van der Waals surface area contributed by atoms with Crippen molar-refractivity contribution >= 4 is 11.8 Å². The minimum absolute atomic E-state index is 0.0385. The Morgan fingerprint density at radius 3 is 3.04 bits per heavy atom. The van der Waals surface area contributed by atoms with E-state index in [-0.39, 0.29) is 11.8 Å². The van der Waals surface area contributed by atoms with Gasteiger partial charge in [-0.2, -0.15) is 0 Å². The minimum atomic E-state index is -0.0385. The molecule has 2 heterocycles. The van der Waals surface area contributed by atoms with Gasteiger partial charge in [-0.1, -0.05) is 12.1 Å². The molecule has 24 heavy (non-hydrogen) atoms. The van der Waals surface area contributed by atoms with E-state index in [2.05, 4.69) is 35.0 Å². The standard InChI is InChI=1S/C20H19N3O/c1-14-10-17(19(13-21)22-2)12-18(24-14)6-4-15-5-7-20-16(11-15)8-9-23(20)3/h4-7,11-12,14H,8-10H2,1,3H3/b6-4+,19-17-. The van der Waals surface area contributed by atoms with E-state index in [1.54, 1.807) is 6.08 Å². The van der Waals surface area contributed by atoms with Crippen LogP contribution < -0.4 is 4.90 Å². The maximum absolute atomic E-state index is 9.06. The summed E-state index contributed by atoms with van der Waals surface area (Å²) in [5.74, 6) is 0.692. The summed E-state index contributed by atoms with van der Waals surface area (Å²) in [5, 5.41) is 9.06. The lowest BCUT2D eigenvalue weighted by molar-refractivity contribution is 0.133. The van der Waals surface area contributed by atoms with Crippen molar-refractivity contribution in [1.29, 1.82) is 5.26 Å². The fraction of sp³-hybridized carbons (Fsp3) is 0.300. The van der Waals surface area contributed by atoms with Gasteiger partial charge in [0.25, 0.3) is 5.70 Å². The van der Waals surface area contributed by atoms with Crippen LogP contribution in [0.1, 0.15) is 24.5 Å². The molecule has 1 aromatic carbocycles. The number of nitrogens with zero attached hydrogens (tertiary/aromatic N) is 3. The predicted octanol–water partition coefficient (Wildman–Crippen LogP) is 4.08. The first-order valence-corrected chi connectivity index (χ1v) is 8.02. The lowest BCUT2D eigenvalue weighted by Crippen LogP contribution is -2.13. The van der Waals surface area contributed by atoms with Gasteiger partial charge in [-0.05, 0) is 54.3 Å². The highest BCUT2D eigenvalue weighted by Crippen LogP contribution is 2.29. The van der Waals surface area contributed by atoms with Crippen molar-refractivity contribution < 1.29 is 4.74 Å². The Hall–Kier alpha value is -2.98. The summed E-state index contributed by atoms with van der Waals surface area (Å²) >= 11 is 0. The largest absolute Gasteiger partial charge is 0.490 e. The van der Waals surface area contributed by atoms with Gasteiger partial charge in [0.2, 0.25) is 0 Å². The molecule has 4 heteroatoms. The van der Waals surface area contributed by atoms with E-state index in [1.165, 1.54) is 11.3 Å². The molecule has 0 aromatic heterocycles. The molecule has 0 spiro atoms. The molecular formula is C20H19N3O. The summed E-state index contributed by atoms with van der Waals surface area (Å²) in [7, 11) is 2.11. The van der Waals surface area contributed by atoms with Crippen molar-refractivity contribution in [3.63, 3.8) is 0 Å². The van der Waals surface area contributed by atoms with Gasteiger partial charge in [-0.25, -0.2) is 10.1 Å². The quantitative estimate of drug-likeness (QED) is 0.609. The van der Waals surface area contributed by atoms with Crippen molar-refractivity contribution in [3.05, 3.63) is 69.9 Å². The smallest absolute Gasteiger partial charge is 0.265 e. The van der Waals surface area contributed by atoms with Crippen LogP contribution in [0.25, 0.3) is 10.9 Å². The van der Waals surface area contributed by atoms with E-state index in [1.807, 2.05) is 25.1 Å². The first-order valence-electron chi connectivity index (χ1n) is 8.02. The second-order valence-corrected chi connectivity index (χ2v) is 6.17. The predicted molar refractivity (Wildman–Crippen MR) is 94.9 cm³/mol. The number of anilines is 1. The topological polar surface area (TPSA) is 40.6 Å². The van der Waals surface area contributed by atoms with E-state index >= 15 is 0 Å². The maximum atomic E-state index is 9.06. The Bertz CT molecular complexity index is 817. The zero-order chi connectivity index (χ0) is 17.1. The zero-order valence-corrected chi connectivity index (χ0v) is 13.9. The molecular weight excluding hydrogens is 298 g/mol. The number of ether oxygens (including phenoxy) is 1. The van der Waals surface area contributed by atoms with Crippen LogP contribution in [0.3, 0.4) is 0 Å². The molecule has 0 saturated heterocycles.